The molecule has 3 heterocycles. The van der Waals surface area contributed by atoms with E-state index in [1.165, 1.54) is 30.2 Å². The minimum atomic E-state index is -2.26. The number of ether oxygens (including phenoxy) is 5. The molecular formula is C45H54N2O16S. The first kappa shape index (κ1) is 48.5. The predicted molar refractivity (Wildman–Crippen MR) is 227 cm³/mol. The Balaban J connectivity index is 0.00000165. The molecule has 4 fully saturated rings. The minimum absolute atomic E-state index is 0.0265. The number of rotatable bonds is 12. The van der Waals surface area contributed by atoms with Crippen LogP contribution < -0.4 is 10.1 Å². The third-order valence-corrected chi connectivity index (χ3v) is 13.8. The van der Waals surface area contributed by atoms with Crippen LogP contribution in [0, 0.1) is 24.7 Å². The van der Waals surface area contributed by atoms with E-state index >= 15 is 0 Å². The largest absolute Gasteiger partial charge is 0.507 e. The lowest BCUT2D eigenvalue weighted by molar-refractivity contribution is -0.233. The topological polar surface area (TPSA) is 265 Å². The standard InChI is InChI=1S/C42H48N2O15S.C2H2.CH4O/c1-55-25-4-2-3-23-32(25)38(49)35-34(36(23)47)37(48)24-14-42(54,15-26(33(24)39(35)50)59-31-10-9-22(17-57-31)58-29-18-56-12-11-43-29)28(45)19-60-27-13-30(46)44(40(27)51)16-20-5-7-21(8-6-20)41(52)53;2*1-2/h2-4,20-22,26-27,29,31,43,48,50,54H,5-19H2,1H3,(H,52,53);1-2H;2H,1H3/t20?,21?,22-,26-,27?,29+,31-,42-;;/m0../s1. The number of carboxylic acid groups (broad SMARTS) is 1. The number of carboxylic acids is 1. The van der Waals surface area contributed by atoms with E-state index in [4.69, 9.17) is 28.8 Å². The number of Topliss-reactive ketones (excluding diaryl/α,β-unsaturated/α-hetero) is 1. The predicted octanol–water partition coefficient (Wildman–Crippen LogP) is 2.26. The molecule has 2 aromatic rings. The maximum Gasteiger partial charge on any atom is 0.306 e. The van der Waals surface area contributed by atoms with Gasteiger partial charge in [0.1, 0.15) is 29.1 Å². The molecule has 0 spiro atoms. The highest BCUT2D eigenvalue weighted by Gasteiger charge is 2.51. The van der Waals surface area contributed by atoms with Crippen molar-refractivity contribution in [3.63, 3.8) is 0 Å². The van der Waals surface area contributed by atoms with Crippen LogP contribution in [0.5, 0.6) is 17.2 Å². The van der Waals surface area contributed by atoms with Gasteiger partial charge >= 0.3 is 5.97 Å². The van der Waals surface area contributed by atoms with Gasteiger partial charge in [-0.15, -0.1) is 24.6 Å². The molecule has 8 rings (SSSR count). The first-order chi connectivity index (χ1) is 30.8. The number of fused-ring (bicyclic) bond motifs is 3. The van der Waals surface area contributed by atoms with Crippen LogP contribution in [0.2, 0.25) is 0 Å². The number of carbonyl (C=O) groups excluding carboxylic acids is 5. The number of methoxy groups -OCH3 is 1. The number of phenols is 2. The number of ketones is 3. The molecule has 346 valence electrons. The Morgan fingerprint density at radius 3 is 2.31 bits per heavy atom. The summed E-state index contributed by atoms with van der Waals surface area (Å²) in [5, 5.41) is 54.7. The van der Waals surface area contributed by atoms with E-state index in [0.717, 1.165) is 18.9 Å². The average molecular weight is 911 g/mol. The number of hydrogen-bond donors (Lipinski definition) is 6. The number of nitrogens with zero attached hydrogens (tertiary/aromatic N) is 1. The Hall–Kier alpha value is -4.91. The first-order valence-corrected chi connectivity index (χ1v) is 22.2. The van der Waals surface area contributed by atoms with Gasteiger partial charge in [-0.25, -0.2) is 0 Å². The van der Waals surface area contributed by atoms with Crippen LogP contribution >= 0.6 is 11.8 Å². The lowest BCUT2D eigenvalue weighted by Crippen LogP contribution is -2.48. The normalized spacial score (nSPS) is 28.7. The van der Waals surface area contributed by atoms with Gasteiger partial charge in [-0.2, -0.15) is 0 Å². The Morgan fingerprint density at radius 2 is 1.67 bits per heavy atom. The van der Waals surface area contributed by atoms with Crippen LogP contribution in [0.3, 0.4) is 0 Å². The van der Waals surface area contributed by atoms with Crippen LogP contribution in [-0.4, -0.2) is 148 Å². The van der Waals surface area contributed by atoms with Crippen molar-refractivity contribution >= 4 is 46.9 Å². The van der Waals surface area contributed by atoms with Gasteiger partial charge in [-0.3, -0.25) is 39.0 Å². The molecule has 2 aromatic carbocycles. The van der Waals surface area contributed by atoms with Crippen LogP contribution in [-0.2, 0) is 44.5 Å². The lowest BCUT2D eigenvalue weighted by atomic mass is 9.72. The molecular weight excluding hydrogens is 857 g/mol. The van der Waals surface area contributed by atoms with Gasteiger partial charge in [-0.05, 0) is 44.1 Å². The summed E-state index contributed by atoms with van der Waals surface area (Å²) in [6.45, 7) is 1.90. The van der Waals surface area contributed by atoms with Crippen LogP contribution in [0.1, 0.15) is 100 Å². The molecule has 1 unspecified atom stereocenters. The van der Waals surface area contributed by atoms with E-state index in [2.05, 4.69) is 18.2 Å². The van der Waals surface area contributed by atoms with Crippen molar-refractivity contribution in [1.29, 1.82) is 0 Å². The second kappa shape index (κ2) is 20.9. The SMILES string of the molecule is C#C.CO.COc1cccc2c1C(=O)c1c(O)c3c(c(O)c1C2=O)C[C@@](O)(C(=O)CSC1CC(=O)N(CC2CCC(C(=O)O)CC2)C1=O)C[C@@H]3O[C@H]1CC[C@H](O[C@@H]2COCCN2)CO1. The Kier molecular flexibility index (Phi) is 15.9. The number of benzene rings is 2. The maximum atomic E-state index is 14.1. The summed E-state index contributed by atoms with van der Waals surface area (Å²) in [5.74, 6) is -6.11. The van der Waals surface area contributed by atoms with Crippen molar-refractivity contribution in [2.45, 2.75) is 93.4 Å². The number of imide groups is 1. The molecule has 1 saturated carbocycles. The zero-order valence-electron chi connectivity index (χ0n) is 35.6. The van der Waals surface area contributed by atoms with Crippen molar-refractivity contribution in [3.8, 4) is 30.1 Å². The fourth-order valence-electron chi connectivity index (χ4n) is 9.34. The fraction of sp³-hybridized carbons (Fsp3) is 0.556. The maximum absolute atomic E-state index is 14.1. The van der Waals surface area contributed by atoms with Gasteiger partial charge < -0.3 is 49.2 Å². The van der Waals surface area contributed by atoms with Gasteiger partial charge in [0, 0.05) is 62.6 Å². The number of likely N-dealkylation sites (tertiary alicyclic amines) is 1. The number of aliphatic hydroxyl groups excluding tert-OH is 1. The molecule has 3 saturated heterocycles. The van der Waals surface area contributed by atoms with E-state index in [9.17, 15) is 49.2 Å². The smallest absolute Gasteiger partial charge is 0.306 e. The number of amides is 2. The Labute approximate surface area is 373 Å². The summed E-state index contributed by atoms with van der Waals surface area (Å²) in [6, 6.07) is 4.40. The number of aromatic hydroxyl groups is 2. The molecule has 0 radical (unpaired) electrons. The molecule has 0 aromatic heterocycles. The quantitative estimate of drug-likeness (QED) is 0.0865. The van der Waals surface area contributed by atoms with Crippen LogP contribution in [0.15, 0.2) is 18.2 Å². The highest BCUT2D eigenvalue weighted by atomic mass is 32.2. The Bertz CT molecular complexity index is 2140. The molecule has 2 amide bonds. The van der Waals surface area contributed by atoms with E-state index in [1.807, 2.05) is 0 Å². The number of morpholine rings is 1. The molecule has 64 heavy (non-hydrogen) atoms. The molecule has 0 bridgehead atoms. The molecule has 6 atom stereocenters. The van der Waals surface area contributed by atoms with Crippen molar-refractivity contribution in [2.24, 2.45) is 11.8 Å². The van der Waals surface area contributed by atoms with E-state index in [-0.39, 0.29) is 65.8 Å². The molecule has 6 N–H and O–H groups in total. The van der Waals surface area contributed by atoms with Crippen molar-refractivity contribution in [1.82, 2.24) is 10.2 Å². The summed E-state index contributed by atoms with van der Waals surface area (Å²) in [4.78, 5) is 81.2. The van der Waals surface area contributed by atoms with Gasteiger partial charge in [0.25, 0.3) is 0 Å². The summed E-state index contributed by atoms with van der Waals surface area (Å²) < 4.78 is 29.3. The number of nitrogens with one attached hydrogen (secondary N) is 1. The Morgan fingerprint density at radius 1 is 0.953 bits per heavy atom. The van der Waals surface area contributed by atoms with Crippen molar-refractivity contribution in [3.05, 3.63) is 51.6 Å². The highest BCUT2D eigenvalue weighted by Crippen LogP contribution is 2.53. The van der Waals surface area contributed by atoms with Crippen molar-refractivity contribution in [2.75, 3.05) is 52.9 Å². The monoisotopic (exact) mass is 910 g/mol. The number of thioether (sulfide) groups is 1. The summed E-state index contributed by atoms with van der Waals surface area (Å²) in [6.07, 6.45) is 6.86. The van der Waals surface area contributed by atoms with Crippen molar-refractivity contribution < 1.29 is 78.0 Å². The van der Waals surface area contributed by atoms with Gasteiger partial charge in [0.2, 0.25) is 17.6 Å². The lowest BCUT2D eigenvalue weighted by Gasteiger charge is -2.41. The number of carbonyl (C=O) groups is 6. The van der Waals surface area contributed by atoms with Gasteiger partial charge in [0.05, 0.1) is 72.7 Å². The van der Waals surface area contributed by atoms with Crippen LogP contribution in [0.25, 0.3) is 0 Å². The number of phenolic OH excluding ortho intramolecular Hbond substituents is 2. The number of terminal acetylenes is 1. The second-order valence-electron chi connectivity index (χ2n) is 16.4. The minimum Gasteiger partial charge on any atom is -0.507 e. The molecule has 18 nitrogen and oxygen atoms in total. The summed E-state index contributed by atoms with van der Waals surface area (Å²) in [7, 11) is 2.33. The summed E-state index contributed by atoms with van der Waals surface area (Å²) >= 11 is 0.910. The molecule has 3 aliphatic carbocycles. The van der Waals surface area contributed by atoms with E-state index in [1.54, 1.807) is 0 Å². The highest BCUT2D eigenvalue weighted by molar-refractivity contribution is 8.01. The fourth-order valence-corrected chi connectivity index (χ4v) is 10.5. The van der Waals surface area contributed by atoms with E-state index < -0.39 is 106 Å². The van der Waals surface area contributed by atoms with Crippen LogP contribution in [0.4, 0.5) is 0 Å². The van der Waals surface area contributed by atoms with Gasteiger partial charge in [0.15, 0.2) is 17.9 Å². The number of aliphatic hydroxyl groups is 2. The third-order valence-electron chi connectivity index (χ3n) is 12.6. The zero-order valence-corrected chi connectivity index (χ0v) is 36.4. The zero-order chi connectivity index (χ0) is 46.5. The van der Waals surface area contributed by atoms with E-state index in [0.29, 0.717) is 58.3 Å². The second-order valence-corrected chi connectivity index (χ2v) is 17.6. The average Bonchev–Trinajstić information content (AvgIpc) is 3.57. The first-order valence-electron chi connectivity index (χ1n) is 21.1. The number of aliphatic carboxylic acids is 1. The molecule has 6 aliphatic rings. The summed E-state index contributed by atoms with van der Waals surface area (Å²) in [5.41, 5.74) is -3.59. The molecule has 19 heteroatoms. The van der Waals surface area contributed by atoms with Gasteiger partial charge in [-0.1, -0.05) is 12.1 Å². The third kappa shape index (κ3) is 9.70. The molecule has 3 aliphatic heterocycles. The number of hydrogen-bond acceptors (Lipinski definition) is 17.